The highest BCUT2D eigenvalue weighted by Crippen LogP contribution is 2.14. The average Bonchev–Trinajstić information content (AvgIpc) is 2.95. The van der Waals surface area contributed by atoms with Gasteiger partial charge in [0.2, 0.25) is 0 Å². The minimum atomic E-state index is -0.387. The summed E-state index contributed by atoms with van der Waals surface area (Å²) in [5, 5.41) is 6.99. The number of rotatable bonds is 6. The fraction of sp³-hybridized carbons (Fsp3) is 0.412. The number of nitrogens with one attached hydrogen (secondary N) is 1. The molecule has 0 saturated heterocycles. The van der Waals surface area contributed by atoms with E-state index >= 15 is 0 Å². The summed E-state index contributed by atoms with van der Waals surface area (Å²) in [6.45, 7) is 7.72. The van der Waals surface area contributed by atoms with Crippen molar-refractivity contribution in [3.8, 4) is 0 Å². The zero-order valence-electron chi connectivity index (χ0n) is 13.4. The van der Waals surface area contributed by atoms with Gasteiger partial charge in [-0.15, -0.1) is 0 Å². The van der Waals surface area contributed by atoms with Gasteiger partial charge in [-0.2, -0.15) is 5.10 Å². The SMILES string of the molecule is CCNC(=O)OCc1cccc(Cn2cc(C(C)C)cn2)c1. The Labute approximate surface area is 131 Å². The zero-order chi connectivity index (χ0) is 15.9. The number of benzene rings is 1. The van der Waals surface area contributed by atoms with Crippen LogP contribution in [0.1, 0.15) is 43.4 Å². The van der Waals surface area contributed by atoms with Gasteiger partial charge in [-0.25, -0.2) is 4.79 Å². The molecule has 1 N–H and O–H groups in total. The fourth-order valence-electron chi connectivity index (χ4n) is 2.11. The van der Waals surface area contributed by atoms with Crippen molar-refractivity contribution in [1.82, 2.24) is 15.1 Å². The Morgan fingerprint density at radius 1 is 1.36 bits per heavy atom. The molecule has 0 aliphatic rings. The topological polar surface area (TPSA) is 56.1 Å². The average molecular weight is 301 g/mol. The first-order chi connectivity index (χ1) is 10.6. The highest BCUT2D eigenvalue weighted by Gasteiger charge is 2.05. The molecule has 5 nitrogen and oxygen atoms in total. The summed E-state index contributed by atoms with van der Waals surface area (Å²) in [5.74, 6) is 0.477. The monoisotopic (exact) mass is 301 g/mol. The molecule has 0 unspecified atom stereocenters. The van der Waals surface area contributed by atoms with Crippen LogP contribution in [0.3, 0.4) is 0 Å². The maximum atomic E-state index is 11.3. The molecule has 0 saturated carbocycles. The molecule has 0 atom stereocenters. The summed E-state index contributed by atoms with van der Waals surface area (Å²) >= 11 is 0. The van der Waals surface area contributed by atoms with Crippen molar-refractivity contribution < 1.29 is 9.53 Å². The van der Waals surface area contributed by atoms with Crippen molar-refractivity contribution >= 4 is 6.09 Å². The number of alkyl carbamates (subject to hydrolysis) is 1. The summed E-state index contributed by atoms with van der Waals surface area (Å²) in [5.41, 5.74) is 3.34. The Morgan fingerprint density at radius 3 is 2.82 bits per heavy atom. The van der Waals surface area contributed by atoms with Crippen LogP contribution in [0.25, 0.3) is 0 Å². The quantitative estimate of drug-likeness (QED) is 0.890. The van der Waals surface area contributed by atoms with Gasteiger partial charge < -0.3 is 10.1 Å². The highest BCUT2D eigenvalue weighted by atomic mass is 16.5. The molecule has 2 aromatic rings. The van der Waals surface area contributed by atoms with Crippen molar-refractivity contribution in [3.05, 3.63) is 53.3 Å². The standard InChI is InChI=1S/C17H23N3O2/c1-4-18-17(21)22-12-15-7-5-6-14(8-15)10-20-11-16(9-19-20)13(2)3/h5-9,11,13H,4,10,12H2,1-3H3,(H,18,21). The number of carbonyl (C=O) groups is 1. The van der Waals surface area contributed by atoms with Gasteiger partial charge in [0.15, 0.2) is 0 Å². The van der Waals surface area contributed by atoms with E-state index in [0.29, 0.717) is 19.0 Å². The summed E-state index contributed by atoms with van der Waals surface area (Å²) in [6.07, 6.45) is 3.59. The van der Waals surface area contributed by atoms with Crippen molar-refractivity contribution in [2.75, 3.05) is 6.54 Å². The largest absolute Gasteiger partial charge is 0.445 e. The van der Waals surface area contributed by atoms with Crippen LogP contribution in [0.15, 0.2) is 36.7 Å². The van der Waals surface area contributed by atoms with Gasteiger partial charge in [0, 0.05) is 12.7 Å². The van der Waals surface area contributed by atoms with Gasteiger partial charge in [0.05, 0.1) is 12.7 Å². The van der Waals surface area contributed by atoms with Crippen molar-refractivity contribution in [3.63, 3.8) is 0 Å². The Kier molecular flexibility index (Phi) is 5.58. The molecule has 5 heteroatoms. The molecule has 2 rings (SSSR count). The molecule has 0 aliphatic heterocycles. The lowest BCUT2D eigenvalue weighted by molar-refractivity contribution is 0.140. The van der Waals surface area contributed by atoms with E-state index in [9.17, 15) is 4.79 Å². The highest BCUT2D eigenvalue weighted by molar-refractivity contribution is 5.67. The van der Waals surface area contributed by atoms with Gasteiger partial charge in [-0.3, -0.25) is 4.68 Å². The molecule has 1 heterocycles. The summed E-state index contributed by atoms with van der Waals surface area (Å²) in [4.78, 5) is 11.3. The van der Waals surface area contributed by atoms with Gasteiger partial charge in [0.25, 0.3) is 0 Å². The summed E-state index contributed by atoms with van der Waals surface area (Å²) < 4.78 is 7.07. The van der Waals surface area contributed by atoms with Gasteiger partial charge >= 0.3 is 6.09 Å². The first-order valence-electron chi connectivity index (χ1n) is 7.59. The molecule has 1 aromatic carbocycles. The lowest BCUT2D eigenvalue weighted by Crippen LogP contribution is -2.23. The molecule has 0 bridgehead atoms. The lowest BCUT2D eigenvalue weighted by atomic mass is 10.1. The van der Waals surface area contributed by atoms with E-state index < -0.39 is 0 Å². The molecular weight excluding hydrogens is 278 g/mol. The number of ether oxygens (including phenoxy) is 1. The second-order valence-electron chi connectivity index (χ2n) is 5.55. The molecular formula is C17H23N3O2. The van der Waals surface area contributed by atoms with Crippen LogP contribution < -0.4 is 5.32 Å². The zero-order valence-corrected chi connectivity index (χ0v) is 13.4. The van der Waals surface area contributed by atoms with E-state index in [-0.39, 0.29) is 12.7 Å². The number of carbonyl (C=O) groups excluding carboxylic acids is 1. The Morgan fingerprint density at radius 2 is 2.14 bits per heavy atom. The number of aromatic nitrogens is 2. The Hall–Kier alpha value is -2.30. The number of nitrogens with zero attached hydrogens (tertiary/aromatic N) is 2. The fourth-order valence-corrected chi connectivity index (χ4v) is 2.11. The van der Waals surface area contributed by atoms with E-state index in [0.717, 1.165) is 11.1 Å². The smallest absolute Gasteiger partial charge is 0.407 e. The van der Waals surface area contributed by atoms with E-state index in [2.05, 4.69) is 30.5 Å². The molecule has 1 aromatic heterocycles. The molecule has 118 valence electrons. The number of hydrogen-bond acceptors (Lipinski definition) is 3. The number of amides is 1. The van der Waals surface area contributed by atoms with Crippen molar-refractivity contribution in [2.45, 2.75) is 39.8 Å². The molecule has 22 heavy (non-hydrogen) atoms. The van der Waals surface area contributed by atoms with Gasteiger partial charge in [0.1, 0.15) is 6.61 Å². The molecule has 0 spiro atoms. The van der Waals surface area contributed by atoms with E-state index in [1.54, 1.807) is 0 Å². The summed E-state index contributed by atoms with van der Waals surface area (Å²) in [6, 6.07) is 8.01. The van der Waals surface area contributed by atoms with Crippen LogP contribution >= 0.6 is 0 Å². The third-order valence-electron chi connectivity index (χ3n) is 3.35. The Bertz CT molecular complexity index is 620. The third-order valence-corrected chi connectivity index (χ3v) is 3.35. The second kappa shape index (κ2) is 7.64. The van der Waals surface area contributed by atoms with Crippen LogP contribution in [0.4, 0.5) is 4.79 Å². The molecule has 0 aliphatic carbocycles. The normalized spacial score (nSPS) is 10.7. The predicted octanol–water partition coefficient (Wildman–Crippen LogP) is 3.30. The van der Waals surface area contributed by atoms with E-state index in [1.807, 2.05) is 42.1 Å². The van der Waals surface area contributed by atoms with Gasteiger partial charge in [-0.1, -0.05) is 38.1 Å². The van der Waals surface area contributed by atoms with Crippen LogP contribution in [0.2, 0.25) is 0 Å². The van der Waals surface area contributed by atoms with E-state index in [1.165, 1.54) is 5.56 Å². The van der Waals surface area contributed by atoms with Crippen LogP contribution in [0, 0.1) is 0 Å². The van der Waals surface area contributed by atoms with Gasteiger partial charge in [-0.05, 0) is 29.5 Å². The first-order valence-corrected chi connectivity index (χ1v) is 7.59. The van der Waals surface area contributed by atoms with Crippen molar-refractivity contribution in [2.24, 2.45) is 0 Å². The van der Waals surface area contributed by atoms with E-state index in [4.69, 9.17) is 4.74 Å². The Balaban J connectivity index is 1.97. The van der Waals surface area contributed by atoms with Crippen LogP contribution in [-0.2, 0) is 17.9 Å². The van der Waals surface area contributed by atoms with Crippen LogP contribution in [0.5, 0.6) is 0 Å². The summed E-state index contributed by atoms with van der Waals surface area (Å²) in [7, 11) is 0. The number of hydrogen-bond donors (Lipinski definition) is 1. The third kappa shape index (κ3) is 4.62. The molecule has 0 radical (unpaired) electrons. The maximum Gasteiger partial charge on any atom is 0.407 e. The minimum absolute atomic E-state index is 0.274. The molecule has 1 amide bonds. The van der Waals surface area contributed by atoms with Crippen molar-refractivity contribution in [1.29, 1.82) is 0 Å². The molecule has 0 fully saturated rings. The lowest BCUT2D eigenvalue weighted by Gasteiger charge is -2.07. The minimum Gasteiger partial charge on any atom is -0.445 e. The van der Waals surface area contributed by atoms with Crippen LogP contribution in [-0.4, -0.2) is 22.4 Å². The second-order valence-corrected chi connectivity index (χ2v) is 5.55. The first kappa shape index (κ1) is 16.1. The maximum absolute atomic E-state index is 11.3. The predicted molar refractivity (Wildman–Crippen MR) is 85.7 cm³/mol.